The normalized spacial score (nSPS) is 15.3. The van der Waals surface area contributed by atoms with Crippen molar-refractivity contribution in [3.8, 4) is 11.4 Å². The van der Waals surface area contributed by atoms with Gasteiger partial charge >= 0.3 is 0 Å². The maximum absolute atomic E-state index is 12.4. The molecule has 1 aliphatic rings. The van der Waals surface area contributed by atoms with Gasteiger partial charge in [0.05, 0.1) is 6.54 Å². The zero-order valence-corrected chi connectivity index (χ0v) is 16.6. The van der Waals surface area contributed by atoms with Crippen molar-refractivity contribution in [2.45, 2.75) is 6.54 Å². The average Bonchev–Trinajstić information content (AvgIpc) is 3.32. The highest BCUT2D eigenvalue weighted by Gasteiger charge is 2.25. The predicted octanol–water partition coefficient (Wildman–Crippen LogP) is 3.70. The largest absolute Gasteiger partial charge is 0.444 e. The molecule has 1 aromatic carbocycles. The molecule has 0 saturated carbocycles. The molecular formula is C18H16BrClN4O3. The highest BCUT2D eigenvalue weighted by atomic mass is 79.9. The standard InChI is InChI=1S/C18H16BrClN4O3/c19-15-6-5-14(26-15)18(25)24-9-7-23(8-10-24)11-16-21-17(22-27-16)12-1-3-13(20)4-2-12/h1-6H,7-11H2. The number of carbonyl (C=O) groups is 1. The van der Waals surface area contributed by atoms with Crippen LogP contribution in [-0.2, 0) is 6.54 Å². The molecule has 1 amide bonds. The number of piperazine rings is 1. The van der Waals surface area contributed by atoms with E-state index in [0.29, 0.717) is 46.8 Å². The second kappa shape index (κ2) is 7.84. The third-order valence-electron chi connectivity index (χ3n) is 4.37. The van der Waals surface area contributed by atoms with Crippen LogP contribution in [0.15, 0.2) is 50.0 Å². The SMILES string of the molecule is O=C(c1ccc(Br)o1)N1CCN(Cc2nc(-c3ccc(Cl)cc3)no2)CC1. The summed E-state index contributed by atoms with van der Waals surface area (Å²) in [5.74, 6) is 1.34. The fourth-order valence-electron chi connectivity index (χ4n) is 2.92. The van der Waals surface area contributed by atoms with Gasteiger partial charge < -0.3 is 13.8 Å². The van der Waals surface area contributed by atoms with E-state index in [1.54, 1.807) is 29.2 Å². The average molecular weight is 452 g/mol. The molecule has 0 aliphatic carbocycles. The lowest BCUT2D eigenvalue weighted by Gasteiger charge is -2.33. The van der Waals surface area contributed by atoms with Gasteiger partial charge in [-0.1, -0.05) is 16.8 Å². The summed E-state index contributed by atoms with van der Waals surface area (Å²) in [5.41, 5.74) is 0.856. The molecule has 0 N–H and O–H groups in total. The Labute approximate surface area is 169 Å². The first-order chi connectivity index (χ1) is 13.1. The first kappa shape index (κ1) is 18.2. The summed E-state index contributed by atoms with van der Waals surface area (Å²) in [6.45, 7) is 3.25. The molecule has 4 rings (SSSR count). The maximum Gasteiger partial charge on any atom is 0.289 e. The monoisotopic (exact) mass is 450 g/mol. The van der Waals surface area contributed by atoms with Crippen LogP contribution in [0.3, 0.4) is 0 Å². The van der Waals surface area contributed by atoms with Crippen molar-refractivity contribution in [1.29, 1.82) is 0 Å². The number of nitrogens with zero attached hydrogens (tertiary/aromatic N) is 4. The molecule has 2 aromatic heterocycles. The lowest BCUT2D eigenvalue weighted by atomic mass is 10.2. The third-order valence-corrected chi connectivity index (χ3v) is 5.05. The number of aromatic nitrogens is 2. The molecule has 0 radical (unpaired) electrons. The molecule has 0 spiro atoms. The number of hydrogen-bond acceptors (Lipinski definition) is 6. The summed E-state index contributed by atoms with van der Waals surface area (Å²) in [5, 5.41) is 4.69. The van der Waals surface area contributed by atoms with Crippen molar-refractivity contribution >= 4 is 33.4 Å². The number of hydrogen-bond donors (Lipinski definition) is 0. The Bertz CT molecular complexity index is 932. The minimum Gasteiger partial charge on any atom is -0.444 e. The summed E-state index contributed by atoms with van der Waals surface area (Å²) in [6, 6.07) is 10.7. The van der Waals surface area contributed by atoms with Gasteiger partial charge in [0.2, 0.25) is 11.7 Å². The lowest BCUT2D eigenvalue weighted by Crippen LogP contribution is -2.48. The van der Waals surface area contributed by atoms with Gasteiger partial charge in [-0.05, 0) is 52.3 Å². The van der Waals surface area contributed by atoms with E-state index in [9.17, 15) is 4.79 Å². The van der Waals surface area contributed by atoms with Gasteiger partial charge in [0.25, 0.3) is 5.91 Å². The minimum absolute atomic E-state index is 0.0943. The highest BCUT2D eigenvalue weighted by Crippen LogP contribution is 2.20. The summed E-state index contributed by atoms with van der Waals surface area (Å²) in [4.78, 5) is 20.8. The summed E-state index contributed by atoms with van der Waals surface area (Å²) >= 11 is 9.12. The van der Waals surface area contributed by atoms with Crippen LogP contribution in [-0.4, -0.2) is 52.0 Å². The van der Waals surface area contributed by atoms with Gasteiger partial charge in [-0.3, -0.25) is 9.69 Å². The molecule has 1 aliphatic heterocycles. The Hall–Kier alpha value is -2.16. The molecule has 1 saturated heterocycles. The molecule has 3 aromatic rings. The molecule has 27 heavy (non-hydrogen) atoms. The molecular weight excluding hydrogens is 436 g/mol. The van der Waals surface area contributed by atoms with Gasteiger partial charge in [-0.2, -0.15) is 4.98 Å². The zero-order valence-electron chi connectivity index (χ0n) is 14.3. The van der Waals surface area contributed by atoms with E-state index in [0.717, 1.165) is 18.7 Å². The summed E-state index contributed by atoms with van der Waals surface area (Å²) in [6.07, 6.45) is 0. The Balaban J connectivity index is 1.33. The molecule has 0 unspecified atom stereocenters. The van der Waals surface area contributed by atoms with Gasteiger partial charge in [0.1, 0.15) is 0 Å². The fraction of sp³-hybridized carbons (Fsp3) is 0.278. The van der Waals surface area contributed by atoms with E-state index in [4.69, 9.17) is 20.5 Å². The van der Waals surface area contributed by atoms with Crippen LogP contribution >= 0.6 is 27.5 Å². The van der Waals surface area contributed by atoms with Crippen LogP contribution in [0.1, 0.15) is 16.4 Å². The summed E-state index contributed by atoms with van der Waals surface area (Å²) in [7, 11) is 0. The second-order valence-corrected chi connectivity index (χ2v) is 7.41. The van der Waals surface area contributed by atoms with E-state index in [1.165, 1.54) is 0 Å². The topological polar surface area (TPSA) is 75.6 Å². The van der Waals surface area contributed by atoms with Crippen LogP contribution in [0, 0.1) is 0 Å². The fourth-order valence-corrected chi connectivity index (χ4v) is 3.35. The quantitative estimate of drug-likeness (QED) is 0.602. The van der Waals surface area contributed by atoms with Gasteiger partial charge in [0.15, 0.2) is 10.4 Å². The van der Waals surface area contributed by atoms with Gasteiger partial charge in [-0.15, -0.1) is 0 Å². The molecule has 3 heterocycles. The number of carbonyl (C=O) groups excluding carboxylic acids is 1. The molecule has 0 atom stereocenters. The van der Waals surface area contributed by atoms with E-state index in [-0.39, 0.29) is 5.91 Å². The van der Waals surface area contributed by atoms with Crippen molar-refractivity contribution < 1.29 is 13.7 Å². The number of furan rings is 1. The number of benzene rings is 1. The van der Waals surface area contributed by atoms with Crippen molar-refractivity contribution in [1.82, 2.24) is 19.9 Å². The molecule has 7 nitrogen and oxygen atoms in total. The Kier molecular flexibility index (Phi) is 5.29. The first-order valence-corrected chi connectivity index (χ1v) is 9.61. The van der Waals surface area contributed by atoms with E-state index in [2.05, 4.69) is 31.0 Å². The molecule has 9 heteroatoms. The maximum atomic E-state index is 12.4. The zero-order chi connectivity index (χ0) is 18.8. The smallest absolute Gasteiger partial charge is 0.289 e. The van der Waals surface area contributed by atoms with Gasteiger partial charge in [-0.25, -0.2) is 0 Å². The van der Waals surface area contributed by atoms with Crippen molar-refractivity contribution in [3.63, 3.8) is 0 Å². The van der Waals surface area contributed by atoms with Crippen LogP contribution in [0.2, 0.25) is 5.02 Å². The second-order valence-electron chi connectivity index (χ2n) is 6.19. The number of halogens is 2. The number of amides is 1. The predicted molar refractivity (Wildman–Crippen MR) is 102 cm³/mol. The van der Waals surface area contributed by atoms with Crippen LogP contribution in [0.5, 0.6) is 0 Å². The first-order valence-electron chi connectivity index (χ1n) is 8.44. The van der Waals surface area contributed by atoms with Crippen LogP contribution in [0.4, 0.5) is 0 Å². The van der Waals surface area contributed by atoms with E-state index >= 15 is 0 Å². The lowest BCUT2D eigenvalue weighted by molar-refractivity contribution is 0.0583. The Morgan fingerprint density at radius 1 is 1.11 bits per heavy atom. The summed E-state index contributed by atoms with van der Waals surface area (Å²) < 4.78 is 11.3. The molecule has 0 bridgehead atoms. The van der Waals surface area contributed by atoms with Crippen molar-refractivity contribution in [3.05, 3.63) is 57.7 Å². The van der Waals surface area contributed by atoms with Crippen LogP contribution in [0.25, 0.3) is 11.4 Å². The van der Waals surface area contributed by atoms with Crippen molar-refractivity contribution in [2.24, 2.45) is 0 Å². The highest BCUT2D eigenvalue weighted by molar-refractivity contribution is 9.10. The Morgan fingerprint density at radius 3 is 2.52 bits per heavy atom. The van der Waals surface area contributed by atoms with E-state index < -0.39 is 0 Å². The molecule has 1 fully saturated rings. The Morgan fingerprint density at radius 2 is 1.85 bits per heavy atom. The number of rotatable bonds is 4. The minimum atomic E-state index is -0.0943. The van der Waals surface area contributed by atoms with Crippen molar-refractivity contribution in [2.75, 3.05) is 26.2 Å². The molecule has 140 valence electrons. The third kappa shape index (κ3) is 4.23. The van der Waals surface area contributed by atoms with Gasteiger partial charge in [0, 0.05) is 36.8 Å². The van der Waals surface area contributed by atoms with Crippen LogP contribution < -0.4 is 0 Å². The van der Waals surface area contributed by atoms with E-state index in [1.807, 2.05) is 12.1 Å².